The van der Waals surface area contributed by atoms with Crippen molar-refractivity contribution in [1.29, 1.82) is 0 Å². The van der Waals surface area contributed by atoms with Crippen LogP contribution in [0.1, 0.15) is 11.3 Å². The van der Waals surface area contributed by atoms with E-state index in [1.165, 1.54) is 0 Å². The van der Waals surface area contributed by atoms with Gasteiger partial charge in [0.1, 0.15) is 6.29 Å². The summed E-state index contributed by atoms with van der Waals surface area (Å²) in [6.45, 7) is 1.97. The molecule has 1 N–H and O–H groups in total. The van der Waals surface area contributed by atoms with Gasteiger partial charge in [-0.15, -0.1) is 0 Å². The molecular formula is C10H10N2O. The van der Waals surface area contributed by atoms with Crippen molar-refractivity contribution in [3.05, 3.63) is 29.7 Å². The molecule has 0 radical (unpaired) electrons. The smallest absolute Gasteiger partial charge is 0.124 e. The van der Waals surface area contributed by atoms with E-state index in [0.717, 1.165) is 28.4 Å². The fraction of sp³-hybridized carbons (Fsp3) is 0.200. The third kappa shape index (κ3) is 1.22. The lowest BCUT2D eigenvalue weighted by molar-refractivity contribution is -0.107. The first-order valence-corrected chi connectivity index (χ1v) is 4.17. The van der Waals surface area contributed by atoms with Gasteiger partial charge in [0.25, 0.3) is 0 Å². The molecule has 66 valence electrons. The van der Waals surface area contributed by atoms with E-state index in [2.05, 4.69) is 9.97 Å². The molecule has 0 saturated carbocycles. The van der Waals surface area contributed by atoms with Gasteiger partial charge in [-0.1, -0.05) is 0 Å². The third-order valence-electron chi connectivity index (χ3n) is 2.21. The zero-order valence-electron chi connectivity index (χ0n) is 7.37. The molecular weight excluding hydrogens is 164 g/mol. The highest BCUT2D eigenvalue weighted by molar-refractivity contribution is 5.85. The van der Waals surface area contributed by atoms with Crippen molar-refractivity contribution in [2.75, 3.05) is 0 Å². The standard InChI is InChI=1S/C10H10N2O/c1-7-8(3-5-13)9-6-11-4-2-10(9)12-7/h2,4-6,12H,3H2,1H3. The number of nitrogens with one attached hydrogen (secondary N) is 1. The predicted octanol–water partition coefficient (Wildman–Crippen LogP) is 1.61. The Morgan fingerprint density at radius 1 is 1.62 bits per heavy atom. The Morgan fingerprint density at radius 2 is 2.46 bits per heavy atom. The Labute approximate surface area is 75.8 Å². The summed E-state index contributed by atoms with van der Waals surface area (Å²) in [6.07, 6.45) is 4.90. The van der Waals surface area contributed by atoms with E-state index in [1.807, 2.05) is 13.0 Å². The number of aryl methyl sites for hydroxylation is 1. The molecule has 0 fully saturated rings. The number of aromatic amines is 1. The van der Waals surface area contributed by atoms with Gasteiger partial charge in [0.15, 0.2) is 0 Å². The van der Waals surface area contributed by atoms with Gasteiger partial charge in [-0.05, 0) is 18.6 Å². The van der Waals surface area contributed by atoms with E-state index < -0.39 is 0 Å². The van der Waals surface area contributed by atoms with Gasteiger partial charge in [0, 0.05) is 35.4 Å². The maximum Gasteiger partial charge on any atom is 0.124 e. The van der Waals surface area contributed by atoms with Crippen LogP contribution in [0.2, 0.25) is 0 Å². The highest BCUT2D eigenvalue weighted by atomic mass is 16.1. The lowest BCUT2D eigenvalue weighted by atomic mass is 10.1. The number of nitrogens with zero attached hydrogens (tertiary/aromatic N) is 1. The summed E-state index contributed by atoms with van der Waals surface area (Å²) in [5.41, 5.74) is 3.15. The molecule has 0 amide bonds. The van der Waals surface area contributed by atoms with Crippen LogP contribution < -0.4 is 0 Å². The summed E-state index contributed by atoms with van der Waals surface area (Å²) in [4.78, 5) is 17.7. The van der Waals surface area contributed by atoms with E-state index in [4.69, 9.17) is 0 Å². The minimum Gasteiger partial charge on any atom is -0.358 e. The molecule has 3 nitrogen and oxygen atoms in total. The topological polar surface area (TPSA) is 45.8 Å². The van der Waals surface area contributed by atoms with E-state index in [-0.39, 0.29) is 0 Å². The molecule has 0 aliphatic rings. The second-order valence-corrected chi connectivity index (χ2v) is 3.02. The molecule has 0 aromatic carbocycles. The van der Waals surface area contributed by atoms with Crippen molar-refractivity contribution < 1.29 is 4.79 Å². The zero-order chi connectivity index (χ0) is 9.26. The molecule has 0 aliphatic carbocycles. The lowest BCUT2D eigenvalue weighted by Crippen LogP contribution is -1.86. The van der Waals surface area contributed by atoms with Gasteiger partial charge in [-0.2, -0.15) is 0 Å². The molecule has 0 spiro atoms. The summed E-state index contributed by atoms with van der Waals surface area (Å²) in [6, 6.07) is 1.91. The molecule has 2 heterocycles. The molecule has 2 aromatic heterocycles. The molecule has 2 rings (SSSR count). The number of carbonyl (C=O) groups is 1. The number of hydrogen-bond acceptors (Lipinski definition) is 2. The maximum absolute atomic E-state index is 10.4. The molecule has 0 atom stereocenters. The number of aldehydes is 1. The monoisotopic (exact) mass is 174 g/mol. The SMILES string of the molecule is Cc1[nH]c2ccncc2c1CC=O. The number of rotatable bonds is 2. The summed E-state index contributed by atoms with van der Waals surface area (Å²) >= 11 is 0. The van der Waals surface area contributed by atoms with Gasteiger partial charge in [0.05, 0.1) is 0 Å². The van der Waals surface area contributed by atoms with Gasteiger partial charge in [-0.3, -0.25) is 4.98 Å². The maximum atomic E-state index is 10.4. The quantitative estimate of drug-likeness (QED) is 0.703. The highest BCUT2D eigenvalue weighted by Crippen LogP contribution is 2.20. The van der Waals surface area contributed by atoms with Gasteiger partial charge < -0.3 is 9.78 Å². The molecule has 3 heteroatoms. The number of H-pyrrole nitrogens is 1. The van der Waals surface area contributed by atoms with Crippen molar-refractivity contribution in [2.24, 2.45) is 0 Å². The summed E-state index contributed by atoms with van der Waals surface area (Å²) in [5.74, 6) is 0. The van der Waals surface area contributed by atoms with Gasteiger partial charge >= 0.3 is 0 Å². The third-order valence-corrected chi connectivity index (χ3v) is 2.21. The van der Waals surface area contributed by atoms with Crippen LogP contribution in [0.15, 0.2) is 18.5 Å². The van der Waals surface area contributed by atoms with Gasteiger partial charge in [-0.25, -0.2) is 0 Å². The predicted molar refractivity (Wildman–Crippen MR) is 50.6 cm³/mol. The number of pyridine rings is 1. The minimum absolute atomic E-state index is 0.456. The van der Waals surface area contributed by atoms with Crippen LogP contribution in [0.3, 0.4) is 0 Å². The second-order valence-electron chi connectivity index (χ2n) is 3.02. The first-order valence-electron chi connectivity index (χ1n) is 4.17. The molecule has 0 unspecified atom stereocenters. The van der Waals surface area contributed by atoms with Crippen molar-refractivity contribution >= 4 is 17.2 Å². The highest BCUT2D eigenvalue weighted by Gasteiger charge is 2.06. The number of aromatic nitrogens is 2. The van der Waals surface area contributed by atoms with E-state index in [9.17, 15) is 4.79 Å². The van der Waals surface area contributed by atoms with Crippen LogP contribution in [-0.4, -0.2) is 16.3 Å². The molecule has 0 saturated heterocycles. The fourth-order valence-electron chi connectivity index (χ4n) is 1.57. The van der Waals surface area contributed by atoms with Gasteiger partial charge in [0.2, 0.25) is 0 Å². The molecule has 13 heavy (non-hydrogen) atoms. The lowest BCUT2D eigenvalue weighted by Gasteiger charge is -1.92. The second kappa shape index (κ2) is 3.01. The number of carbonyl (C=O) groups excluding carboxylic acids is 1. The van der Waals surface area contributed by atoms with Crippen molar-refractivity contribution in [3.8, 4) is 0 Å². The van der Waals surface area contributed by atoms with Crippen molar-refractivity contribution in [1.82, 2.24) is 9.97 Å². The summed E-state index contributed by atoms with van der Waals surface area (Å²) in [7, 11) is 0. The normalized spacial score (nSPS) is 10.5. The summed E-state index contributed by atoms with van der Waals surface area (Å²) < 4.78 is 0. The molecule has 0 bridgehead atoms. The average Bonchev–Trinajstić information content (AvgIpc) is 2.44. The zero-order valence-corrected chi connectivity index (χ0v) is 7.37. The van der Waals surface area contributed by atoms with E-state index >= 15 is 0 Å². The van der Waals surface area contributed by atoms with Crippen LogP contribution in [0.4, 0.5) is 0 Å². The van der Waals surface area contributed by atoms with E-state index in [0.29, 0.717) is 6.42 Å². The summed E-state index contributed by atoms with van der Waals surface area (Å²) in [5, 5.41) is 1.05. The largest absolute Gasteiger partial charge is 0.358 e. The minimum atomic E-state index is 0.456. The van der Waals surface area contributed by atoms with Crippen LogP contribution >= 0.6 is 0 Å². The number of hydrogen-bond donors (Lipinski definition) is 1. The Kier molecular flexibility index (Phi) is 1.85. The Morgan fingerprint density at radius 3 is 3.23 bits per heavy atom. The molecule has 2 aromatic rings. The van der Waals surface area contributed by atoms with Crippen LogP contribution in [-0.2, 0) is 11.2 Å². The van der Waals surface area contributed by atoms with Crippen molar-refractivity contribution in [2.45, 2.75) is 13.3 Å². The first kappa shape index (κ1) is 7.98. The Bertz CT molecular complexity index is 445. The van der Waals surface area contributed by atoms with Crippen LogP contribution in [0.5, 0.6) is 0 Å². The van der Waals surface area contributed by atoms with E-state index in [1.54, 1.807) is 12.4 Å². The van der Waals surface area contributed by atoms with Crippen molar-refractivity contribution in [3.63, 3.8) is 0 Å². The number of fused-ring (bicyclic) bond motifs is 1. The fourth-order valence-corrected chi connectivity index (χ4v) is 1.57. The molecule has 0 aliphatic heterocycles. The van der Waals surface area contributed by atoms with Crippen LogP contribution in [0.25, 0.3) is 10.9 Å². The van der Waals surface area contributed by atoms with Crippen LogP contribution in [0, 0.1) is 6.92 Å². The first-order chi connectivity index (χ1) is 6.33. The Hall–Kier alpha value is -1.64. The Balaban J connectivity index is 2.70. The average molecular weight is 174 g/mol.